The first-order chi connectivity index (χ1) is 12.8. The molecule has 0 radical (unpaired) electrons. The van der Waals surface area contributed by atoms with Crippen molar-refractivity contribution in [3.63, 3.8) is 0 Å². The maximum atomic E-state index is 13.1. The van der Waals surface area contributed by atoms with Crippen molar-refractivity contribution in [2.24, 2.45) is 5.10 Å². The number of rotatable bonds is 6. The normalized spacial score (nSPS) is 13.1. The molecule has 1 aromatic carbocycles. The SMILES string of the molecule is Cc1c(C(=O)O)cccc1-c1ccc(/C=N/NC(F)(F)C(F)(F)C(F)(F)F)o1. The van der Waals surface area contributed by atoms with Gasteiger partial charge in [0.1, 0.15) is 11.5 Å². The highest BCUT2D eigenvalue weighted by Crippen LogP contribution is 2.45. The lowest BCUT2D eigenvalue weighted by Gasteiger charge is -2.27. The first kappa shape index (κ1) is 21.3. The summed E-state index contributed by atoms with van der Waals surface area (Å²) >= 11 is 0. The fourth-order valence-electron chi connectivity index (χ4n) is 2.13. The summed E-state index contributed by atoms with van der Waals surface area (Å²) in [5.74, 6) is -7.69. The molecule has 28 heavy (non-hydrogen) atoms. The smallest absolute Gasteiger partial charge is 0.462 e. The Balaban J connectivity index is 2.20. The maximum Gasteiger partial charge on any atom is 0.462 e. The van der Waals surface area contributed by atoms with Gasteiger partial charge in [0.15, 0.2) is 0 Å². The first-order valence-electron chi connectivity index (χ1n) is 7.33. The van der Waals surface area contributed by atoms with E-state index in [4.69, 9.17) is 9.52 Å². The van der Waals surface area contributed by atoms with Crippen molar-refractivity contribution in [1.82, 2.24) is 5.43 Å². The van der Waals surface area contributed by atoms with Crippen molar-refractivity contribution < 1.29 is 45.1 Å². The van der Waals surface area contributed by atoms with Gasteiger partial charge >= 0.3 is 24.1 Å². The Morgan fingerprint density at radius 2 is 1.75 bits per heavy atom. The number of hydrogen-bond acceptors (Lipinski definition) is 4. The number of furan rings is 1. The Labute approximate surface area is 152 Å². The fourth-order valence-corrected chi connectivity index (χ4v) is 2.13. The number of carboxylic acids is 1. The standard InChI is InChI=1S/C16H11F7N2O3/c1-8-10(3-2-4-11(8)13(26)27)12-6-5-9(28-12)7-24-25-16(22,23)14(17,18)15(19,20)21/h2-7,25H,1H3,(H,26,27)/b24-7+. The molecule has 0 unspecified atom stereocenters. The lowest BCUT2D eigenvalue weighted by molar-refractivity contribution is -0.361. The predicted molar refractivity (Wildman–Crippen MR) is 82.5 cm³/mol. The van der Waals surface area contributed by atoms with Crippen molar-refractivity contribution in [1.29, 1.82) is 0 Å². The van der Waals surface area contributed by atoms with Crippen LogP contribution in [-0.2, 0) is 0 Å². The topological polar surface area (TPSA) is 74.8 Å². The van der Waals surface area contributed by atoms with E-state index in [9.17, 15) is 35.5 Å². The number of halogens is 7. The van der Waals surface area contributed by atoms with Crippen molar-refractivity contribution in [3.8, 4) is 11.3 Å². The van der Waals surface area contributed by atoms with Crippen LogP contribution in [0.3, 0.4) is 0 Å². The summed E-state index contributed by atoms with van der Waals surface area (Å²) in [6.07, 6.45) is -6.01. The lowest BCUT2D eigenvalue weighted by Crippen LogP contribution is -2.58. The fraction of sp³-hybridized carbons (Fsp3) is 0.250. The van der Waals surface area contributed by atoms with E-state index in [2.05, 4.69) is 5.10 Å². The van der Waals surface area contributed by atoms with Gasteiger partial charge in [0, 0.05) is 5.56 Å². The van der Waals surface area contributed by atoms with E-state index >= 15 is 0 Å². The third kappa shape index (κ3) is 3.94. The molecule has 0 aliphatic rings. The number of benzene rings is 1. The molecule has 5 nitrogen and oxygen atoms in total. The Hall–Kier alpha value is -3.05. The van der Waals surface area contributed by atoms with Gasteiger partial charge in [-0.3, -0.25) is 0 Å². The third-order valence-electron chi connectivity index (χ3n) is 3.60. The molecule has 0 amide bonds. The summed E-state index contributed by atoms with van der Waals surface area (Å²) in [6, 6.07) is 1.09. The number of carboxylic acid groups (broad SMARTS) is 1. The van der Waals surface area contributed by atoms with Crippen LogP contribution in [0.25, 0.3) is 11.3 Å². The second-order valence-corrected chi connectivity index (χ2v) is 5.50. The van der Waals surface area contributed by atoms with Crippen LogP contribution >= 0.6 is 0 Å². The molecule has 2 N–H and O–H groups in total. The van der Waals surface area contributed by atoms with E-state index in [1.807, 2.05) is 0 Å². The van der Waals surface area contributed by atoms with Crippen LogP contribution in [-0.4, -0.2) is 35.4 Å². The van der Waals surface area contributed by atoms with Crippen LogP contribution in [0.5, 0.6) is 0 Å². The van der Waals surface area contributed by atoms with Gasteiger partial charge in [0.25, 0.3) is 0 Å². The average Bonchev–Trinajstić information content (AvgIpc) is 3.02. The number of nitrogens with zero attached hydrogens (tertiary/aromatic N) is 1. The van der Waals surface area contributed by atoms with E-state index in [1.54, 1.807) is 0 Å². The second-order valence-electron chi connectivity index (χ2n) is 5.50. The van der Waals surface area contributed by atoms with Crippen molar-refractivity contribution in [2.75, 3.05) is 0 Å². The van der Waals surface area contributed by atoms with E-state index in [0.717, 1.165) is 0 Å². The number of alkyl halides is 7. The van der Waals surface area contributed by atoms with E-state index in [1.165, 1.54) is 37.3 Å². The van der Waals surface area contributed by atoms with Crippen LogP contribution in [0.4, 0.5) is 30.7 Å². The molecule has 0 fully saturated rings. The van der Waals surface area contributed by atoms with Gasteiger partial charge in [-0.25, -0.2) is 10.2 Å². The molecule has 152 valence electrons. The zero-order valence-electron chi connectivity index (χ0n) is 13.8. The number of hydrazone groups is 1. The summed E-state index contributed by atoms with van der Waals surface area (Å²) < 4.78 is 92.8. The molecule has 0 atom stereocenters. The Morgan fingerprint density at radius 3 is 2.32 bits per heavy atom. The molecule has 1 heterocycles. The number of nitrogens with one attached hydrogen (secondary N) is 1. The summed E-state index contributed by atoms with van der Waals surface area (Å²) in [7, 11) is 0. The largest absolute Gasteiger partial charge is 0.478 e. The monoisotopic (exact) mass is 412 g/mol. The number of hydrogen-bond donors (Lipinski definition) is 2. The maximum absolute atomic E-state index is 13.1. The Morgan fingerprint density at radius 1 is 1.11 bits per heavy atom. The molecule has 1 aromatic heterocycles. The summed E-state index contributed by atoms with van der Waals surface area (Å²) in [5, 5.41) is 11.8. The molecule has 2 rings (SSSR count). The molecular formula is C16H11F7N2O3. The van der Waals surface area contributed by atoms with Crippen molar-refractivity contribution in [2.45, 2.75) is 25.1 Å². The first-order valence-corrected chi connectivity index (χ1v) is 7.33. The van der Waals surface area contributed by atoms with Gasteiger partial charge in [-0.15, -0.1) is 0 Å². The van der Waals surface area contributed by atoms with Crippen molar-refractivity contribution >= 4 is 12.2 Å². The van der Waals surface area contributed by atoms with Crippen LogP contribution in [0.2, 0.25) is 0 Å². The zero-order chi connectivity index (χ0) is 21.3. The average molecular weight is 412 g/mol. The molecule has 0 aliphatic heterocycles. The van der Waals surface area contributed by atoms with Gasteiger partial charge in [-0.2, -0.15) is 35.8 Å². The molecule has 2 aromatic rings. The minimum absolute atomic E-state index is 0.0141. The minimum Gasteiger partial charge on any atom is -0.478 e. The van der Waals surface area contributed by atoms with Crippen LogP contribution in [0.15, 0.2) is 39.9 Å². The van der Waals surface area contributed by atoms with Crippen LogP contribution < -0.4 is 5.43 Å². The molecule has 0 spiro atoms. The van der Waals surface area contributed by atoms with Gasteiger partial charge in [-0.1, -0.05) is 12.1 Å². The second kappa shape index (κ2) is 7.17. The highest BCUT2D eigenvalue weighted by atomic mass is 19.4. The summed E-state index contributed by atoms with van der Waals surface area (Å²) in [4.78, 5) is 11.1. The Kier molecular flexibility index (Phi) is 5.44. The van der Waals surface area contributed by atoms with E-state index in [0.29, 0.717) is 22.8 Å². The van der Waals surface area contributed by atoms with E-state index < -0.39 is 24.1 Å². The van der Waals surface area contributed by atoms with Gasteiger partial charge in [0.05, 0.1) is 11.8 Å². The predicted octanol–water partition coefficient (Wildman–Crippen LogP) is 4.67. The highest BCUT2D eigenvalue weighted by Gasteiger charge is 2.73. The van der Waals surface area contributed by atoms with E-state index in [-0.39, 0.29) is 17.1 Å². The lowest BCUT2D eigenvalue weighted by atomic mass is 10.0. The Bertz CT molecular complexity index is 904. The minimum atomic E-state index is -6.48. The molecule has 0 bridgehead atoms. The number of aromatic carboxylic acids is 1. The van der Waals surface area contributed by atoms with Gasteiger partial charge < -0.3 is 9.52 Å². The summed E-state index contributed by atoms with van der Waals surface area (Å²) in [5.41, 5.74) is 1.14. The molecule has 12 heteroatoms. The highest BCUT2D eigenvalue weighted by molar-refractivity contribution is 5.91. The van der Waals surface area contributed by atoms with Crippen LogP contribution in [0.1, 0.15) is 21.7 Å². The molecule has 0 saturated heterocycles. The third-order valence-corrected chi connectivity index (χ3v) is 3.60. The van der Waals surface area contributed by atoms with Gasteiger partial charge in [-0.05, 0) is 30.7 Å². The van der Waals surface area contributed by atoms with Crippen LogP contribution in [0, 0.1) is 6.92 Å². The molecular weight excluding hydrogens is 401 g/mol. The zero-order valence-corrected chi connectivity index (χ0v) is 13.8. The molecule has 0 aliphatic carbocycles. The number of carbonyl (C=O) groups is 1. The van der Waals surface area contributed by atoms with Crippen molar-refractivity contribution in [3.05, 3.63) is 47.2 Å². The summed E-state index contributed by atoms with van der Waals surface area (Å²) in [6.45, 7) is 1.50. The molecule has 0 saturated carbocycles. The quantitative estimate of drug-likeness (QED) is 0.313. The van der Waals surface area contributed by atoms with Gasteiger partial charge in [0.2, 0.25) is 0 Å².